The third-order valence-electron chi connectivity index (χ3n) is 7.51. The maximum atomic E-state index is 13.8. The number of hydrogen-bond acceptors (Lipinski definition) is 6. The van der Waals surface area contributed by atoms with Gasteiger partial charge in [-0.3, -0.25) is 9.69 Å². The molecule has 1 aromatic heterocycles. The molecule has 0 bridgehead atoms. The van der Waals surface area contributed by atoms with E-state index in [4.69, 9.17) is 44.0 Å². The number of ether oxygens (including phenoxy) is 1. The van der Waals surface area contributed by atoms with Gasteiger partial charge in [-0.05, 0) is 86.5 Å². The minimum absolute atomic E-state index is 0.0226. The summed E-state index contributed by atoms with van der Waals surface area (Å²) in [6, 6.07) is 19.8. The molecule has 1 amide bonds. The fraction of sp³-hybridized carbons (Fsp3) is 0.176. The Labute approximate surface area is 282 Å². The highest BCUT2D eigenvalue weighted by molar-refractivity contribution is 7.89. The van der Waals surface area contributed by atoms with Crippen LogP contribution in [-0.2, 0) is 37.4 Å². The summed E-state index contributed by atoms with van der Waals surface area (Å²) in [6.07, 6.45) is 1.44. The first-order valence-electron chi connectivity index (χ1n) is 14.0. The Kier molecular flexibility index (Phi) is 9.81. The van der Waals surface area contributed by atoms with Crippen molar-refractivity contribution in [2.45, 2.75) is 38.8 Å². The molecule has 0 saturated heterocycles. The maximum absolute atomic E-state index is 13.8. The van der Waals surface area contributed by atoms with E-state index < -0.39 is 21.9 Å². The van der Waals surface area contributed by atoms with Crippen LogP contribution in [0.15, 0.2) is 99.0 Å². The van der Waals surface area contributed by atoms with Crippen LogP contribution in [-0.4, -0.2) is 31.7 Å². The van der Waals surface area contributed by atoms with E-state index in [-0.39, 0.29) is 34.9 Å². The number of hydrogen-bond donors (Lipinski definition) is 0. The van der Waals surface area contributed by atoms with Gasteiger partial charge in [0.25, 0.3) is 5.91 Å². The zero-order valence-corrected chi connectivity index (χ0v) is 28.4. The van der Waals surface area contributed by atoms with Crippen LogP contribution in [0.5, 0.6) is 0 Å². The summed E-state index contributed by atoms with van der Waals surface area (Å²) in [7, 11) is -2.76. The standard InChI is InChI=1S/C34H29Cl3N2O6S/c1-20-5-12-27(13-6-20)46(42,43)38(18-23-8-14-29(35)31(37)15-23)19-26-11-10-25(45-26)17-28-32(34(41)44-4)22(3)39(33(28)40)24-9-7-21(2)30(36)16-24/h5-17H,18-19H2,1-4H3/b28-17+. The number of carbonyl (C=O) groups is 2. The van der Waals surface area contributed by atoms with Gasteiger partial charge < -0.3 is 9.15 Å². The number of halogens is 3. The summed E-state index contributed by atoms with van der Waals surface area (Å²) >= 11 is 18.6. The van der Waals surface area contributed by atoms with Crippen molar-refractivity contribution in [2.75, 3.05) is 12.0 Å². The molecule has 3 aromatic carbocycles. The minimum Gasteiger partial charge on any atom is -0.465 e. The molecule has 1 aliphatic heterocycles. The molecular weight excluding hydrogens is 671 g/mol. The Balaban J connectivity index is 1.50. The van der Waals surface area contributed by atoms with E-state index in [0.717, 1.165) is 11.1 Å². The van der Waals surface area contributed by atoms with Crippen molar-refractivity contribution in [3.05, 3.63) is 133 Å². The Morgan fingerprint density at radius 2 is 1.61 bits per heavy atom. The molecule has 5 rings (SSSR count). The van der Waals surface area contributed by atoms with E-state index in [9.17, 15) is 18.0 Å². The maximum Gasteiger partial charge on any atom is 0.340 e. The Morgan fingerprint density at radius 3 is 2.26 bits per heavy atom. The first-order valence-corrected chi connectivity index (χ1v) is 16.6. The monoisotopic (exact) mass is 698 g/mol. The minimum atomic E-state index is -3.99. The van der Waals surface area contributed by atoms with Gasteiger partial charge in [-0.25, -0.2) is 13.2 Å². The van der Waals surface area contributed by atoms with Gasteiger partial charge in [0.15, 0.2) is 0 Å². The number of nitrogens with zero attached hydrogens (tertiary/aromatic N) is 2. The summed E-state index contributed by atoms with van der Waals surface area (Å²) < 4.78 is 40.0. The zero-order chi connectivity index (χ0) is 33.3. The van der Waals surface area contributed by atoms with E-state index in [0.29, 0.717) is 37.8 Å². The van der Waals surface area contributed by atoms with Crippen LogP contribution < -0.4 is 4.90 Å². The highest BCUT2D eigenvalue weighted by Crippen LogP contribution is 2.37. The van der Waals surface area contributed by atoms with Crippen molar-refractivity contribution in [2.24, 2.45) is 0 Å². The average molecular weight is 700 g/mol. The molecule has 2 heterocycles. The van der Waals surface area contributed by atoms with Crippen molar-refractivity contribution in [3.8, 4) is 0 Å². The van der Waals surface area contributed by atoms with Gasteiger partial charge in [-0.1, -0.05) is 64.6 Å². The summed E-state index contributed by atoms with van der Waals surface area (Å²) in [5.41, 5.74) is 3.36. The topological polar surface area (TPSA) is 97.1 Å². The fourth-order valence-electron chi connectivity index (χ4n) is 5.01. The smallest absolute Gasteiger partial charge is 0.340 e. The molecule has 46 heavy (non-hydrogen) atoms. The van der Waals surface area contributed by atoms with Crippen LogP contribution >= 0.6 is 34.8 Å². The molecule has 0 spiro atoms. The Bertz CT molecular complexity index is 2020. The molecule has 238 valence electrons. The first kappa shape index (κ1) is 33.5. The highest BCUT2D eigenvalue weighted by Gasteiger charge is 2.38. The van der Waals surface area contributed by atoms with Gasteiger partial charge >= 0.3 is 5.97 Å². The number of furan rings is 1. The number of anilines is 1. The van der Waals surface area contributed by atoms with Crippen molar-refractivity contribution < 1.29 is 27.2 Å². The second-order valence-electron chi connectivity index (χ2n) is 10.7. The van der Waals surface area contributed by atoms with E-state index in [1.54, 1.807) is 79.7 Å². The third kappa shape index (κ3) is 6.79. The van der Waals surface area contributed by atoms with Crippen LogP contribution in [0.1, 0.15) is 35.1 Å². The highest BCUT2D eigenvalue weighted by atomic mass is 35.5. The number of benzene rings is 3. The number of sulfonamides is 1. The molecule has 4 aromatic rings. The normalized spacial score (nSPS) is 14.6. The number of aryl methyl sites for hydroxylation is 2. The molecule has 0 saturated carbocycles. The van der Waals surface area contributed by atoms with Crippen LogP contribution in [0.2, 0.25) is 15.1 Å². The van der Waals surface area contributed by atoms with Gasteiger partial charge in [-0.15, -0.1) is 0 Å². The number of rotatable bonds is 9. The van der Waals surface area contributed by atoms with Gasteiger partial charge in [0.2, 0.25) is 10.0 Å². The zero-order valence-electron chi connectivity index (χ0n) is 25.3. The summed E-state index contributed by atoms with van der Waals surface area (Å²) in [5.74, 6) is -0.630. The summed E-state index contributed by atoms with van der Waals surface area (Å²) in [5, 5.41) is 1.12. The van der Waals surface area contributed by atoms with Crippen molar-refractivity contribution in [1.82, 2.24) is 4.31 Å². The average Bonchev–Trinajstić information content (AvgIpc) is 3.56. The number of amides is 1. The largest absolute Gasteiger partial charge is 0.465 e. The van der Waals surface area contributed by atoms with E-state index >= 15 is 0 Å². The van der Waals surface area contributed by atoms with Gasteiger partial charge in [-0.2, -0.15) is 4.31 Å². The molecule has 0 unspecified atom stereocenters. The van der Waals surface area contributed by atoms with E-state index in [2.05, 4.69) is 0 Å². The number of esters is 1. The molecule has 0 atom stereocenters. The Morgan fingerprint density at radius 1 is 0.891 bits per heavy atom. The lowest BCUT2D eigenvalue weighted by atomic mass is 10.1. The van der Waals surface area contributed by atoms with Crippen LogP contribution in [0.4, 0.5) is 5.69 Å². The van der Waals surface area contributed by atoms with Crippen LogP contribution in [0.3, 0.4) is 0 Å². The lowest BCUT2D eigenvalue weighted by Gasteiger charge is -2.22. The summed E-state index contributed by atoms with van der Waals surface area (Å²) in [4.78, 5) is 28.1. The van der Waals surface area contributed by atoms with Crippen molar-refractivity contribution >= 4 is 68.5 Å². The predicted octanol–water partition coefficient (Wildman–Crippen LogP) is 8.12. The number of carbonyl (C=O) groups excluding carboxylic acids is 2. The Hall–Kier alpha value is -3.86. The second kappa shape index (κ2) is 13.5. The fourth-order valence-corrected chi connectivity index (χ4v) is 6.90. The van der Waals surface area contributed by atoms with Crippen molar-refractivity contribution in [3.63, 3.8) is 0 Å². The molecule has 1 aliphatic rings. The van der Waals surface area contributed by atoms with Gasteiger partial charge in [0, 0.05) is 17.3 Å². The van der Waals surface area contributed by atoms with Gasteiger partial charge in [0.1, 0.15) is 11.5 Å². The predicted molar refractivity (Wildman–Crippen MR) is 179 cm³/mol. The molecule has 8 nitrogen and oxygen atoms in total. The first-order chi connectivity index (χ1) is 21.8. The lowest BCUT2D eigenvalue weighted by molar-refractivity contribution is -0.136. The molecule has 0 radical (unpaired) electrons. The molecule has 0 fully saturated rings. The summed E-state index contributed by atoms with van der Waals surface area (Å²) in [6.45, 7) is 5.20. The van der Waals surface area contributed by atoms with E-state index in [1.165, 1.54) is 22.4 Å². The van der Waals surface area contributed by atoms with E-state index in [1.807, 2.05) is 13.8 Å². The molecule has 0 N–H and O–H groups in total. The quantitative estimate of drug-likeness (QED) is 0.129. The van der Waals surface area contributed by atoms with Crippen molar-refractivity contribution in [1.29, 1.82) is 0 Å². The second-order valence-corrected chi connectivity index (χ2v) is 13.9. The molecular formula is C34H29Cl3N2O6S. The molecule has 12 heteroatoms. The van der Waals surface area contributed by atoms with Crippen LogP contribution in [0, 0.1) is 13.8 Å². The number of allylic oxidation sites excluding steroid dienone is 1. The number of methoxy groups -OCH3 is 1. The van der Waals surface area contributed by atoms with Gasteiger partial charge in [0.05, 0.1) is 45.4 Å². The third-order valence-corrected chi connectivity index (χ3v) is 10.5. The molecule has 0 aliphatic carbocycles. The van der Waals surface area contributed by atoms with Crippen LogP contribution in [0.25, 0.3) is 6.08 Å². The lowest BCUT2D eigenvalue weighted by Crippen LogP contribution is -2.30. The SMILES string of the molecule is COC(=O)C1=C(C)N(c2ccc(C)c(Cl)c2)C(=O)/C1=C/c1ccc(CN(Cc2ccc(Cl)c(Cl)c2)S(=O)(=O)c2ccc(C)cc2)o1.